The predicted molar refractivity (Wildman–Crippen MR) is 76.7 cm³/mol. The summed E-state index contributed by atoms with van der Waals surface area (Å²) in [6.07, 6.45) is 1.47. The third-order valence-corrected chi connectivity index (χ3v) is 3.95. The van der Waals surface area contributed by atoms with E-state index in [1.165, 1.54) is 18.2 Å². The van der Waals surface area contributed by atoms with Crippen LogP contribution in [0.15, 0.2) is 22.7 Å². The van der Waals surface area contributed by atoms with E-state index in [1.54, 1.807) is 0 Å². The molecular weight excluding hydrogens is 343 g/mol. The maximum Gasteiger partial charge on any atom is 0.334 e. The summed E-state index contributed by atoms with van der Waals surface area (Å²) in [6.45, 7) is 2.11. The second-order valence-corrected chi connectivity index (χ2v) is 5.57. The number of unbranched alkanes of at least 4 members (excludes halogenated alkanes) is 1. The molecule has 0 unspecified atom stereocenters. The van der Waals surface area contributed by atoms with Gasteiger partial charge in [-0.05, 0) is 24.1 Å². The van der Waals surface area contributed by atoms with Crippen LogP contribution >= 0.6 is 15.9 Å². The summed E-state index contributed by atoms with van der Waals surface area (Å²) in [6, 6.07) is 3.34. The smallest absolute Gasteiger partial charge is 0.263 e. The molecule has 1 fully saturated rings. The lowest BCUT2D eigenvalue weighted by Gasteiger charge is -2.16. The number of carbonyl (C=O) groups excluding carboxylic acids is 3. The van der Waals surface area contributed by atoms with Gasteiger partial charge in [0.25, 0.3) is 0 Å². The molecule has 0 radical (unpaired) electrons. The van der Waals surface area contributed by atoms with Gasteiger partial charge in [-0.25, -0.2) is 9.18 Å². The van der Waals surface area contributed by atoms with Crippen molar-refractivity contribution in [3.05, 3.63) is 34.1 Å². The third-order valence-electron chi connectivity index (χ3n) is 3.21. The minimum Gasteiger partial charge on any atom is -0.263 e. The molecule has 112 valence electrons. The molecule has 4 amide bonds. The Hall–Kier alpha value is -1.76. The molecule has 0 saturated carbocycles. The van der Waals surface area contributed by atoms with Crippen LogP contribution in [0.5, 0.6) is 0 Å². The Balaban J connectivity index is 2.18. The van der Waals surface area contributed by atoms with Gasteiger partial charge in [0, 0.05) is 11.0 Å². The van der Waals surface area contributed by atoms with Crippen molar-refractivity contribution in [3.8, 4) is 0 Å². The highest BCUT2D eigenvalue weighted by molar-refractivity contribution is 9.10. The highest BCUT2D eigenvalue weighted by Gasteiger charge is 2.43. The highest BCUT2D eigenvalue weighted by Crippen LogP contribution is 2.23. The molecule has 21 heavy (non-hydrogen) atoms. The van der Waals surface area contributed by atoms with Crippen LogP contribution in [0.25, 0.3) is 0 Å². The van der Waals surface area contributed by atoms with Crippen molar-refractivity contribution in [2.24, 2.45) is 0 Å². The van der Waals surface area contributed by atoms with Crippen LogP contribution in [0.1, 0.15) is 25.3 Å². The number of rotatable bonds is 5. The van der Waals surface area contributed by atoms with Gasteiger partial charge in [-0.1, -0.05) is 35.3 Å². The molecule has 0 bridgehead atoms. The summed E-state index contributed by atoms with van der Waals surface area (Å²) in [4.78, 5) is 37.7. The van der Waals surface area contributed by atoms with Gasteiger partial charge < -0.3 is 0 Å². The molecule has 1 heterocycles. The largest absolute Gasteiger partial charge is 0.334 e. The van der Waals surface area contributed by atoms with E-state index in [0.717, 1.165) is 16.2 Å². The minimum absolute atomic E-state index is 0.0626. The zero-order valence-corrected chi connectivity index (χ0v) is 13.0. The number of imide groups is 2. The lowest BCUT2D eigenvalue weighted by atomic mass is 10.2. The predicted octanol–water partition coefficient (Wildman–Crippen LogP) is 2.68. The summed E-state index contributed by atoms with van der Waals surface area (Å²) in [5.74, 6) is -2.07. The molecule has 1 aromatic carbocycles. The highest BCUT2D eigenvalue weighted by atomic mass is 79.9. The Bertz CT molecular complexity index is 606. The molecule has 0 spiro atoms. The van der Waals surface area contributed by atoms with E-state index in [4.69, 9.17) is 0 Å². The van der Waals surface area contributed by atoms with E-state index >= 15 is 0 Å². The number of halogens is 2. The standard InChI is InChI=1S/C14H14BrFN2O3/c1-2-3-6-17-12(19)13(20)18(14(17)21)8-9-4-5-10(16)7-11(9)15/h4-5,7H,2-3,6,8H2,1H3. The molecule has 1 aromatic rings. The van der Waals surface area contributed by atoms with Crippen molar-refractivity contribution < 1.29 is 18.8 Å². The summed E-state index contributed by atoms with van der Waals surface area (Å²) >= 11 is 3.18. The molecule has 7 heteroatoms. The van der Waals surface area contributed by atoms with Crippen LogP contribution in [0.2, 0.25) is 0 Å². The van der Waals surface area contributed by atoms with Gasteiger partial charge >= 0.3 is 17.8 Å². The van der Waals surface area contributed by atoms with E-state index in [9.17, 15) is 18.8 Å². The number of amides is 4. The Labute approximate surface area is 129 Å². The van der Waals surface area contributed by atoms with E-state index in [1.807, 2.05) is 6.92 Å². The van der Waals surface area contributed by atoms with Gasteiger partial charge in [0.05, 0.1) is 6.54 Å². The second-order valence-electron chi connectivity index (χ2n) is 4.72. The molecule has 0 aromatic heterocycles. The first-order valence-corrected chi connectivity index (χ1v) is 7.36. The van der Waals surface area contributed by atoms with Crippen molar-refractivity contribution in [1.82, 2.24) is 9.80 Å². The number of hydrogen-bond acceptors (Lipinski definition) is 3. The molecule has 1 aliphatic heterocycles. The average molecular weight is 357 g/mol. The summed E-state index contributed by atoms with van der Waals surface area (Å²) in [7, 11) is 0. The maximum atomic E-state index is 13.0. The fraction of sp³-hybridized carbons (Fsp3) is 0.357. The zero-order valence-electron chi connectivity index (χ0n) is 11.4. The van der Waals surface area contributed by atoms with Gasteiger partial charge in [-0.2, -0.15) is 0 Å². The summed E-state index contributed by atoms with van der Waals surface area (Å²) in [5, 5.41) is 0. The summed E-state index contributed by atoms with van der Waals surface area (Å²) < 4.78 is 13.5. The number of hydrogen-bond donors (Lipinski definition) is 0. The van der Waals surface area contributed by atoms with Crippen molar-refractivity contribution in [1.29, 1.82) is 0 Å². The van der Waals surface area contributed by atoms with Gasteiger partial charge in [0.15, 0.2) is 0 Å². The normalized spacial score (nSPS) is 15.3. The van der Waals surface area contributed by atoms with Gasteiger partial charge in [-0.15, -0.1) is 0 Å². The van der Waals surface area contributed by atoms with Crippen LogP contribution in [0.4, 0.5) is 9.18 Å². The van der Waals surface area contributed by atoms with E-state index < -0.39 is 23.7 Å². The van der Waals surface area contributed by atoms with E-state index in [2.05, 4.69) is 15.9 Å². The van der Waals surface area contributed by atoms with Crippen molar-refractivity contribution in [2.45, 2.75) is 26.3 Å². The topological polar surface area (TPSA) is 57.7 Å². The monoisotopic (exact) mass is 356 g/mol. The Kier molecular flexibility index (Phi) is 4.72. The zero-order chi connectivity index (χ0) is 15.6. The number of urea groups is 1. The molecule has 0 atom stereocenters. The first-order valence-electron chi connectivity index (χ1n) is 6.57. The fourth-order valence-corrected chi connectivity index (χ4v) is 2.50. The number of carbonyl (C=O) groups is 3. The first-order chi connectivity index (χ1) is 9.95. The first kappa shape index (κ1) is 15.6. The van der Waals surface area contributed by atoms with E-state index in [0.29, 0.717) is 16.5 Å². The van der Waals surface area contributed by atoms with Gasteiger partial charge in [0.1, 0.15) is 5.82 Å². The van der Waals surface area contributed by atoms with Crippen LogP contribution in [0, 0.1) is 5.82 Å². The molecule has 0 N–H and O–H groups in total. The molecule has 5 nitrogen and oxygen atoms in total. The third kappa shape index (κ3) is 3.12. The molecule has 0 aliphatic carbocycles. The number of nitrogens with zero attached hydrogens (tertiary/aromatic N) is 2. The Morgan fingerprint density at radius 3 is 2.43 bits per heavy atom. The van der Waals surface area contributed by atoms with Crippen LogP contribution in [-0.4, -0.2) is 34.2 Å². The Morgan fingerprint density at radius 2 is 1.81 bits per heavy atom. The quantitative estimate of drug-likeness (QED) is 0.601. The minimum atomic E-state index is -0.840. The average Bonchev–Trinajstić information content (AvgIpc) is 2.64. The van der Waals surface area contributed by atoms with Crippen LogP contribution in [0.3, 0.4) is 0 Å². The number of benzene rings is 1. The lowest BCUT2D eigenvalue weighted by molar-refractivity contribution is -0.143. The maximum absolute atomic E-state index is 13.0. The lowest BCUT2D eigenvalue weighted by Crippen LogP contribution is -2.33. The molecule has 2 rings (SSSR count). The second kappa shape index (κ2) is 6.34. The molecular formula is C14H14BrFN2O3. The Morgan fingerprint density at radius 1 is 1.14 bits per heavy atom. The molecule has 1 saturated heterocycles. The van der Waals surface area contributed by atoms with Crippen LogP contribution < -0.4 is 0 Å². The van der Waals surface area contributed by atoms with Crippen LogP contribution in [-0.2, 0) is 16.1 Å². The molecule has 1 aliphatic rings. The summed E-state index contributed by atoms with van der Waals surface area (Å²) in [5.41, 5.74) is 0.559. The van der Waals surface area contributed by atoms with Crippen molar-refractivity contribution >= 4 is 33.8 Å². The fourth-order valence-electron chi connectivity index (χ4n) is 2.02. The van der Waals surface area contributed by atoms with Gasteiger partial charge in [-0.3, -0.25) is 19.4 Å². The van der Waals surface area contributed by atoms with Crippen molar-refractivity contribution in [3.63, 3.8) is 0 Å². The van der Waals surface area contributed by atoms with Gasteiger partial charge in [0.2, 0.25) is 0 Å². The SMILES string of the molecule is CCCCN1C(=O)C(=O)N(Cc2ccc(F)cc2Br)C1=O. The van der Waals surface area contributed by atoms with E-state index in [-0.39, 0.29) is 13.1 Å². The van der Waals surface area contributed by atoms with Crippen molar-refractivity contribution in [2.75, 3.05) is 6.54 Å².